The summed E-state index contributed by atoms with van der Waals surface area (Å²) in [6.45, 7) is 5.11. The molecule has 0 radical (unpaired) electrons. The summed E-state index contributed by atoms with van der Waals surface area (Å²) in [6.07, 6.45) is 12.2. The van der Waals surface area contributed by atoms with E-state index in [1.54, 1.807) is 12.1 Å². The molecular weight excluding hydrogens is 469 g/mol. The Balaban J connectivity index is 1.15. The summed E-state index contributed by atoms with van der Waals surface area (Å²) < 4.78 is 14.9. The van der Waals surface area contributed by atoms with Crippen molar-refractivity contribution >= 4 is 18.2 Å². The Bertz CT molecular complexity index is 1360. The van der Waals surface area contributed by atoms with Crippen molar-refractivity contribution in [2.75, 3.05) is 39.3 Å². The largest absolute Gasteiger partial charge is 0.338 e. The van der Waals surface area contributed by atoms with Crippen molar-refractivity contribution in [1.82, 2.24) is 20.0 Å². The molecule has 1 aromatic heterocycles. The molecule has 0 spiro atoms. The number of aromatic amines is 1. The summed E-state index contributed by atoms with van der Waals surface area (Å²) in [4.78, 5) is 34.3. The maximum absolute atomic E-state index is 14.9. The van der Waals surface area contributed by atoms with Crippen LogP contribution in [0, 0.1) is 17.7 Å². The second-order valence-electron chi connectivity index (χ2n) is 10.7. The quantitative estimate of drug-likeness (QED) is 0.682. The van der Waals surface area contributed by atoms with Gasteiger partial charge >= 0.3 is 0 Å². The van der Waals surface area contributed by atoms with Gasteiger partial charge < -0.3 is 4.90 Å². The number of carbonyl (C=O) groups excluding carboxylic acids is 1. The number of amides is 1. The van der Waals surface area contributed by atoms with Crippen LogP contribution in [-0.2, 0) is 12.8 Å². The number of nitrogens with one attached hydrogen (secondary N) is 1. The van der Waals surface area contributed by atoms with Gasteiger partial charge in [-0.3, -0.25) is 19.5 Å². The summed E-state index contributed by atoms with van der Waals surface area (Å²) in [7, 11) is 0. The average Bonchev–Trinajstić information content (AvgIpc) is 3.35. The zero-order valence-electron chi connectivity index (χ0n) is 21.0. The molecule has 2 atom stereocenters. The van der Waals surface area contributed by atoms with Crippen LogP contribution >= 0.6 is 0 Å². The third-order valence-electron chi connectivity index (χ3n) is 8.18. The van der Waals surface area contributed by atoms with Gasteiger partial charge in [-0.25, -0.2) is 9.49 Å². The Morgan fingerprint density at radius 2 is 2.05 bits per heavy atom. The Morgan fingerprint density at radius 1 is 1.16 bits per heavy atom. The first-order valence-electron chi connectivity index (χ1n) is 13.3. The van der Waals surface area contributed by atoms with Crippen molar-refractivity contribution in [2.24, 2.45) is 16.8 Å². The van der Waals surface area contributed by atoms with Gasteiger partial charge in [0.05, 0.1) is 11.3 Å². The number of allylic oxidation sites excluding steroid dienone is 1. The molecule has 2 saturated heterocycles. The van der Waals surface area contributed by atoms with E-state index in [0.29, 0.717) is 37.8 Å². The highest BCUT2D eigenvalue weighted by atomic mass is 19.1. The number of halogens is 1. The van der Waals surface area contributed by atoms with E-state index in [9.17, 15) is 14.0 Å². The molecule has 4 heterocycles. The summed E-state index contributed by atoms with van der Waals surface area (Å²) in [6, 6.07) is 4.73. The predicted molar refractivity (Wildman–Crippen MR) is 141 cm³/mol. The minimum absolute atomic E-state index is 0.116. The highest BCUT2D eigenvalue weighted by molar-refractivity contribution is 5.95. The summed E-state index contributed by atoms with van der Waals surface area (Å²) in [5.41, 5.74) is 4.36. The van der Waals surface area contributed by atoms with E-state index in [1.165, 1.54) is 11.6 Å². The van der Waals surface area contributed by atoms with Crippen LogP contribution in [0.5, 0.6) is 0 Å². The number of nitrogens with zero attached hydrogens (tertiary/aromatic N) is 4. The van der Waals surface area contributed by atoms with Crippen LogP contribution in [0.15, 0.2) is 45.7 Å². The second kappa shape index (κ2) is 10.2. The van der Waals surface area contributed by atoms with Crippen molar-refractivity contribution in [3.05, 3.63) is 80.0 Å². The van der Waals surface area contributed by atoms with Gasteiger partial charge in [-0.1, -0.05) is 24.3 Å². The number of likely N-dealkylation sites (tertiary alicyclic amines) is 2. The van der Waals surface area contributed by atoms with Gasteiger partial charge in [0.15, 0.2) is 0 Å². The zero-order chi connectivity index (χ0) is 25.4. The molecule has 1 aromatic carbocycles. The van der Waals surface area contributed by atoms with E-state index in [0.717, 1.165) is 67.8 Å². The number of fused-ring (bicyclic) bond motifs is 2. The third kappa shape index (κ3) is 4.94. The summed E-state index contributed by atoms with van der Waals surface area (Å²) in [5, 5.41) is 6.86. The van der Waals surface area contributed by atoms with Crippen molar-refractivity contribution < 1.29 is 9.18 Å². The van der Waals surface area contributed by atoms with E-state index >= 15 is 0 Å². The maximum atomic E-state index is 14.9. The number of piperidine rings is 1. The number of dihydropyridines is 1. The number of aromatic nitrogens is 2. The minimum Gasteiger partial charge on any atom is -0.338 e. The molecule has 7 nitrogen and oxygen atoms in total. The number of hydrogen-bond acceptors (Lipinski definition) is 5. The van der Waals surface area contributed by atoms with Crippen molar-refractivity contribution in [1.29, 1.82) is 0 Å². The molecule has 2 aromatic rings. The molecule has 37 heavy (non-hydrogen) atoms. The van der Waals surface area contributed by atoms with Gasteiger partial charge in [0.25, 0.3) is 11.5 Å². The lowest BCUT2D eigenvalue weighted by molar-refractivity contribution is 0.0779. The van der Waals surface area contributed by atoms with Crippen molar-refractivity contribution in [2.45, 2.75) is 32.1 Å². The highest BCUT2D eigenvalue weighted by Gasteiger charge is 2.39. The molecule has 4 aliphatic rings. The van der Waals surface area contributed by atoms with Crippen LogP contribution in [-0.4, -0.2) is 71.4 Å². The lowest BCUT2D eigenvalue weighted by atomic mass is 9.88. The summed E-state index contributed by atoms with van der Waals surface area (Å²) >= 11 is 0. The highest BCUT2D eigenvalue weighted by Crippen LogP contribution is 2.33. The molecule has 192 valence electrons. The topological polar surface area (TPSA) is 81.7 Å². The molecular formula is C29H32FN5O2. The fraction of sp³-hybridized carbons (Fsp3) is 0.448. The molecule has 1 N–H and O–H groups in total. The van der Waals surface area contributed by atoms with Crippen LogP contribution in [0.1, 0.15) is 52.0 Å². The van der Waals surface area contributed by atoms with Crippen LogP contribution in [0.4, 0.5) is 4.39 Å². The normalized spacial score (nSPS) is 23.1. The second-order valence-corrected chi connectivity index (χ2v) is 10.7. The van der Waals surface area contributed by atoms with Crippen LogP contribution < -0.4 is 5.56 Å². The van der Waals surface area contributed by atoms with Crippen molar-refractivity contribution in [3.63, 3.8) is 0 Å². The summed E-state index contributed by atoms with van der Waals surface area (Å²) in [5.74, 6) is 0.140. The minimum atomic E-state index is -0.495. The molecule has 0 bridgehead atoms. The number of H-pyrrole nitrogens is 1. The molecule has 1 amide bonds. The predicted octanol–water partition coefficient (Wildman–Crippen LogP) is 3.25. The van der Waals surface area contributed by atoms with Gasteiger partial charge in [-0.2, -0.15) is 5.10 Å². The fourth-order valence-electron chi connectivity index (χ4n) is 6.24. The van der Waals surface area contributed by atoms with Gasteiger partial charge in [0, 0.05) is 56.5 Å². The van der Waals surface area contributed by atoms with Gasteiger partial charge in [0.1, 0.15) is 5.82 Å². The van der Waals surface area contributed by atoms with E-state index in [-0.39, 0.29) is 17.0 Å². The number of benzene rings is 1. The first-order valence-corrected chi connectivity index (χ1v) is 13.3. The smallest absolute Gasteiger partial charge is 0.267 e. The monoisotopic (exact) mass is 501 g/mol. The Labute approximate surface area is 215 Å². The average molecular weight is 502 g/mol. The Kier molecular flexibility index (Phi) is 6.59. The zero-order valence-corrected chi connectivity index (χ0v) is 21.0. The van der Waals surface area contributed by atoms with Crippen molar-refractivity contribution in [3.8, 4) is 0 Å². The first-order chi connectivity index (χ1) is 18.0. The van der Waals surface area contributed by atoms with E-state index in [1.807, 2.05) is 23.3 Å². The maximum Gasteiger partial charge on any atom is 0.267 e. The molecule has 3 aliphatic heterocycles. The number of rotatable bonds is 5. The van der Waals surface area contributed by atoms with Gasteiger partial charge in [-0.05, 0) is 67.3 Å². The Morgan fingerprint density at radius 3 is 2.92 bits per heavy atom. The fourth-order valence-corrected chi connectivity index (χ4v) is 6.24. The first kappa shape index (κ1) is 24.0. The third-order valence-corrected chi connectivity index (χ3v) is 8.18. The lowest BCUT2D eigenvalue weighted by Gasteiger charge is -2.34. The molecule has 8 heteroatoms. The number of aliphatic imine (C=N–C) groups is 1. The van der Waals surface area contributed by atoms with E-state index < -0.39 is 5.82 Å². The van der Waals surface area contributed by atoms with Crippen LogP contribution in [0.2, 0.25) is 0 Å². The van der Waals surface area contributed by atoms with E-state index in [4.69, 9.17) is 0 Å². The van der Waals surface area contributed by atoms with Crippen LogP contribution in [0.3, 0.4) is 0 Å². The lowest BCUT2D eigenvalue weighted by Crippen LogP contribution is -2.41. The van der Waals surface area contributed by atoms with Crippen LogP contribution in [0.25, 0.3) is 6.08 Å². The molecule has 6 rings (SSSR count). The van der Waals surface area contributed by atoms with E-state index in [2.05, 4.69) is 26.2 Å². The molecule has 2 unspecified atom stereocenters. The van der Waals surface area contributed by atoms with Gasteiger partial charge in [0.2, 0.25) is 0 Å². The van der Waals surface area contributed by atoms with Gasteiger partial charge in [-0.15, -0.1) is 0 Å². The Hall–Kier alpha value is -3.39. The number of carbonyl (C=O) groups is 1. The number of hydrogen-bond donors (Lipinski definition) is 1. The molecule has 1 aliphatic carbocycles. The standard InChI is InChI=1S/C29H32FN5O2/c30-26-8-7-19(13-27-23-5-1-2-6-24(23)28(36)33-32-27)12-25(26)29(37)35-17-21-9-11-34(16-22(21)18-35)15-20-4-3-10-31-14-20/h1,4-5,7-8,12,14,21-22H,2-3,6,9-11,13,15-18H2,(H,33,36). The molecule has 0 saturated carbocycles. The SMILES string of the molecule is O=C(c1cc(Cc2n[nH]c(=O)c3c2C=CCC3)ccc1F)N1CC2CCN(CC3=CCCN=C3)CC2C1. The molecule has 2 fully saturated rings.